The van der Waals surface area contributed by atoms with Gasteiger partial charge in [0.1, 0.15) is 12.1 Å². The second-order valence-corrected chi connectivity index (χ2v) is 10.3. The molecule has 0 saturated carbocycles. The van der Waals surface area contributed by atoms with Crippen LogP contribution in [0.2, 0.25) is 0 Å². The van der Waals surface area contributed by atoms with Crippen LogP contribution >= 0.6 is 0 Å². The molecular formula is C28H34N2O5. The molecule has 1 aliphatic carbocycles. The summed E-state index contributed by atoms with van der Waals surface area (Å²) >= 11 is 0. The first-order chi connectivity index (χ1) is 16.6. The van der Waals surface area contributed by atoms with E-state index in [1.54, 1.807) is 18.7 Å². The van der Waals surface area contributed by atoms with Gasteiger partial charge < -0.3 is 20.1 Å². The highest BCUT2D eigenvalue weighted by Crippen LogP contribution is 2.44. The number of fused-ring (bicyclic) bond motifs is 3. The number of ether oxygens (including phenoxy) is 1. The number of amides is 2. The average Bonchev–Trinajstić information content (AvgIpc) is 3.32. The minimum atomic E-state index is -1.18. The molecule has 1 saturated heterocycles. The van der Waals surface area contributed by atoms with E-state index in [1.807, 2.05) is 38.1 Å². The van der Waals surface area contributed by atoms with Gasteiger partial charge in [0, 0.05) is 19.0 Å². The number of hydrogen-bond acceptors (Lipinski definition) is 4. The fourth-order valence-corrected chi connectivity index (χ4v) is 5.51. The van der Waals surface area contributed by atoms with E-state index in [-0.39, 0.29) is 30.9 Å². The third-order valence-corrected chi connectivity index (χ3v) is 7.82. The molecule has 0 bridgehead atoms. The molecule has 2 aliphatic rings. The monoisotopic (exact) mass is 478 g/mol. The number of carbonyl (C=O) groups excluding carboxylic acids is 2. The van der Waals surface area contributed by atoms with Crippen molar-refractivity contribution in [1.29, 1.82) is 0 Å². The molecule has 0 aromatic heterocycles. The SMILES string of the molecule is CCCC(C)(NC(=O)OCC1c2ccccc2-c2ccccc21)C(=O)N1CC(C)C(C)(C(=O)O)C1. The lowest BCUT2D eigenvalue weighted by Crippen LogP contribution is -2.58. The summed E-state index contributed by atoms with van der Waals surface area (Å²) < 4.78 is 5.68. The van der Waals surface area contributed by atoms with E-state index >= 15 is 0 Å². The van der Waals surface area contributed by atoms with Crippen molar-refractivity contribution in [2.75, 3.05) is 19.7 Å². The number of alkyl carbamates (subject to hydrolysis) is 1. The number of carboxylic acid groups (broad SMARTS) is 1. The number of likely N-dealkylation sites (tertiary alicyclic amines) is 1. The van der Waals surface area contributed by atoms with Crippen molar-refractivity contribution in [2.24, 2.45) is 11.3 Å². The second-order valence-electron chi connectivity index (χ2n) is 10.3. The molecule has 2 aromatic rings. The molecule has 1 aliphatic heterocycles. The van der Waals surface area contributed by atoms with Gasteiger partial charge in [-0.2, -0.15) is 0 Å². The Morgan fingerprint density at radius 2 is 1.69 bits per heavy atom. The van der Waals surface area contributed by atoms with E-state index in [2.05, 4.69) is 29.6 Å². The highest BCUT2D eigenvalue weighted by Gasteiger charge is 2.50. The zero-order valence-electron chi connectivity index (χ0n) is 20.8. The van der Waals surface area contributed by atoms with Gasteiger partial charge in [-0.25, -0.2) is 4.79 Å². The van der Waals surface area contributed by atoms with Gasteiger partial charge in [-0.1, -0.05) is 68.8 Å². The lowest BCUT2D eigenvalue weighted by atomic mass is 9.81. The number of benzene rings is 2. The van der Waals surface area contributed by atoms with Crippen LogP contribution in [0.5, 0.6) is 0 Å². The highest BCUT2D eigenvalue weighted by atomic mass is 16.5. The zero-order chi connectivity index (χ0) is 25.4. The van der Waals surface area contributed by atoms with Gasteiger partial charge in [-0.3, -0.25) is 9.59 Å². The molecule has 2 amide bonds. The maximum absolute atomic E-state index is 13.5. The van der Waals surface area contributed by atoms with Gasteiger partial charge in [-0.15, -0.1) is 0 Å². The van der Waals surface area contributed by atoms with E-state index in [0.29, 0.717) is 19.4 Å². The topological polar surface area (TPSA) is 95.9 Å². The molecule has 7 nitrogen and oxygen atoms in total. The Kier molecular flexibility index (Phi) is 6.62. The fraction of sp³-hybridized carbons (Fsp3) is 0.464. The summed E-state index contributed by atoms with van der Waals surface area (Å²) in [6.45, 7) is 7.77. The summed E-state index contributed by atoms with van der Waals surface area (Å²) in [6, 6.07) is 16.2. The van der Waals surface area contributed by atoms with Crippen molar-refractivity contribution in [3.05, 3.63) is 59.7 Å². The van der Waals surface area contributed by atoms with Gasteiger partial charge in [0.25, 0.3) is 0 Å². The predicted octanol–water partition coefficient (Wildman–Crippen LogP) is 4.65. The van der Waals surface area contributed by atoms with Crippen molar-refractivity contribution in [3.8, 4) is 11.1 Å². The number of carboxylic acids is 1. The van der Waals surface area contributed by atoms with Crippen molar-refractivity contribution in [2.45, 2.75) is 52.0 Å². The Morgan fingerprint density at radius 1 is 1.11 bits per heavy atom. The van der Waals surface area contributed by atoms with E-state index in [0.717, 1.165) is 22.3 Å². The number of nitrogens with zero attached hydrogens (tertiary/aromatic N) is 1. The number of nitrogens with one attached hydrogen (secondary N) is 1. The van der Waals surface area contributed by atoms with Crippen molar-refractivity contribution in [3.63, 3.8) is 0 Å². The molecule has 1 heterocycles. The van der Waals surface area contributed by atoms with E-state index < -0.39 is 23.0 Å². The molecule has 0 spiro atoms. The van der Waals surface area contributed by atoms with Gasteiger partial charge >= 0.3 is 12.1 Å². The molecule has 3 unspecified atom stereocenters. The van der Waals surface area contributed by atoms with Crippen molar-refractivity contribution >= 4 is 18.0 Å². The smallest absolute Gasteiger partial charge is 0.408 e. The van der Waals surface area contributed by atoms with Gasteiger partial charge in [-0.05, 0) is 48.4 Å². The fourth-order valence-electron chi connectivity index (χ4n) is 5.51. The van der Waals surface area contributed by atoms with Gasteiger partial charge in [0.05, 0.1) is 5.41 Å². The molecule has 0 radical (unpaired) electrons. The minimum absolute atomic E-state index is 0.0722. The lowest BCUT2D eigenvalue weighted by molar-refractivity contribution is -0.149. The summed E-state index contributed by atoms with van der Waals surface area (Å²) in [7, 11) is 0. The quantitative estimate of drug-likeness (QED) is 0.604. The van der Waals surface area contributed by atoms with Crippen LogP contribution in [-0.2, 0) is 14.3 Å². The van der Waals surface area contributed by atoms with Crippen LogP contribution in [0.15, 0.2) is 48.5 Å². The largest absolute Gasteiger partial charge is 0.481 e. The minimum Gasteiger partial charge on any atom is -0.481 e. The number of carbonyl (C=O) groups is 3. The first kappa shape index (κ1) is 24.8. The van der Waals surface area contributed by atoms with Gasteiger partial charge in [0.2, 0.25) is 5.91 Å². The summed E-state index contributed by atoms with van der Waals surface area (Å²) in [5.41, 5.74) is 2.34. The third-order valence-electron chi connectivity index (χ3n) is 7.82. The Labute approximate surface area is 206 Å². The third kappa shape index (κ3) is 4.40. The maximum atomic E-state index is 13.5. The Bertz CT molecular complexity index is 1100. The summed E-state index contributed by atoms with van der Waals surface area (Å²) in [5.74, 6) is -1.45. The first-order valence-electron chi connectivity index (χ1n) is 12.3. The lowest BCUT2D eigenvalue weighted by Gasteiger charge is -2.33. The highest BCUT2D eigenvalue weighted by molar-refractivity contribution is 5.91. The van der Waals surface area contributed by atoms with Crippen LogP contribution in [0.3, 0.4) is 0 Å². The van der Waals surface area contributed by atoms with Crippen LogP contribution in [-0.4, -0.2) is 53.2 Å². The summed E-state index contributed by atoms with van der Waals surface area (Å²) in [4.78, 5) is 39.8. The molecule has 2 aromatic carbocycles. The maximum Gasteiger partial charge on any atom is 0.408 e. The van der Waals surface area contributed by atoms with E-state index in [9.17, 15) is 19.5 Å². The van der Waals surface area contributed by atoms with Crippen LogP contribution in [0.25, 0.3) is 11.1 Å². The van der Waals surface area contributed by atoms with E-state index in [4.69, 9.17) is 4.74 Å². The van der Waals surface area contributed by atoms with Crippen LogP contribution in [0, 0.1) is 11.3 Å². The molecule has 3 atom stereocenters. The molecule has 1 fully saturated rings. The zero-order valence-corrected chi connectivity index (χ0v) is 20.8. The van der Waals surface area contributed by atoms with Crippen LogP contribution in [0.1, 0.15) is 57.6 Å². The Hall–Kier alpha value is -3.35. The molecular weight excluding hydrogens is 444 g/mol. The molecule has 7 heteroatoms. The second kappa shape index (κ2) is 9.36. The summed E-state index contributed by atoms with van der Waals surface area (Å²) in [5, 5.41) is 12.5. The first-order valence-corrected chi connectivity index (χ1v) is 12.3. The standard InChI is InChI=1S/C28H34N2O5/c1-5-14-28(4,24(31)30-15-18(2)27(3,17-30)25(32)33)29-26(34)35-16-23-21-12-8-6-10-19(21)20-11-7-9-13-22(20)23/h6-13,18,23H,5,14-17H2,1-4H3,(H,29,34)(H,32,33). The normalized spacial score (nSPS) is 22.7. The number of aliphatic carboxylic acids is 1. The van der Waals surface area contributed by atoms with Crippen LogP contribution in [0.4, 0.5) is 4.79 Å². The number of hydrogen-bond donors (Lipinski definition) is 2. The van der Waals surface area contributed by atoms with Gasteiger partial charge in [0.15, 0.2) is 0 Å². The Morgan fingerprint density at radius 3 is 2.20 bits per heavy atom. The van der Waals surface area contributed by atoms with E-state index in [1.165, 1.54) is 0 Å². The predicted molar refractivity (Wildman–Crippen MR) is 133 cm³/mol. The molecule has 4 rings (SSSR count). The average molecular weight is 479 g/mol. The van der Waals surface area contributed by atoms with Crippen molar-refractivity contribution in [1.82, 2.24) is 10.2 Å². The summed E-state index contributed by atoms with van der Waals surface area (Å²) in [6.07, 6.45) is 0.445. The molecule has 2 N–H and O–H groups in total. The molecule has 35 heavy (non-hydrogen) atoms. The number of rotatable bonds is 7. The molecule has 186 valence electrons. The van der Waals surface area contributed by atoms with Crippen molar-refractivity contribution < 1.29 is 24.2 Å². The Balaban J connectivity index is 1.46. The van der Waals surface area contributed by atoms with Crippen LogP contribution < -0.4 is 5.32 Å².